The molecule has 2 heterocycles. The first kappa shape index (κ1) is 16.0. The Balaban J connectivity index is 1.66. The topological polar surface area (TPSA) is 115 Å². The second-order valence-corrected chi connectivity index (χ2v) is 6.06. The van der Waals surface area contributed by atoms with Crippen LogP contribution >= 0.6 is 0 Å². The molecular formula is C19H15N3O4. The number of aromatic amines is 1. The lowest BCUT2D eigenvalue weighted by molar-refractivity contribution is -0.120. The van der Waals surface area contributed by atoms with Gasteiger partial charge in [-0.15, -0.1) is 0 Å². The van der Waals surface area contributed by atoms with Gasteiger partial charge >= 0.3 is 5.97 Å². The number of aromatic carboxylic acids is 1. The van der Waals surface area contributed by atoms with Crippen molar-refractivity contribution >= 4 is 40.4 Å². The van der Waals surface area contributed by atoms with Crippen LogP contribution in [-0.2, 0) is 4.79 Å². The second kappa shape index (κ2) is 6.12. The summed E-state index contributed by atoms with van der Waals surface area (Å²) >= 11 is 0. The Morgan fingerprint density at radius 2 is 1.96 bits per heavy atom. The Hall–Kier alpha value is -3.45. The number of aliphatic hydroxyl groups is 1. The van der Waals surface area contributed by atoms with Crippen LogP contribution in [0.15, 0.2) is 53.7 Å². The lowest BCUT2D eigenvalue weighted by atomic mass is 9.92. The van der Waals surface area contributed by atoms with Gasteiger partial charge in [0.15, 0.2) is 0 Å². The number of H-pyrrole nitrogens is 1. The van der Waals surface area contributed by atoms with Crippen LogP contribution < -0.4 is 5.32 Å². The van der Waals surface area contributed by atoms with Gasteiger partial charge in [0.05, 0.1) is 23.0 Å². The van der Waals surface area contributed by atoms with Crippen molar-refractivity contribution in [1.29, 1.82) is 0 Å². The fraction of sp³-hybridized carbons (Fsp3) is 0.105. The molecule has 0 bridgehead atoms. The fourth-order valence-electron chi connectivity index (χ4n) is 3.10. The first-order chi connectivity index (χ1) is 12.5. The predicted octanol–water partition coefficient (Wildman–Crippen LogP) is 2.87. The lowest BCUT2D eigenvalue weighted by Gasteiger charge is -2.24. The highest BCUT2D eigenvalue weighted by Crippen LogP contribution is 2.34. The van der Waals surface area contributed by atoms with Crippen LogP contribution in [0, 0.1) is 5.92 Å². The van der Waals surface area contributed by atoms with Gasteiger partial charge < -0.3 is 20.5 Å². The number of para-hydroxylation sites is 1. The molecule has 0 aliphatic carbocycles. The van der Waals surface area contributed by atoms with E-state index in [2.05, 4.69) is 15.3 Å². The predicted molar refractivity (Wildman–Crippen MR) is 96.9 cm³/mol. The lowest BCUT2D eigenvalue weighted by Crippen LogP contribution is -2.31. The van der Waals surface area contributed by atoms with E-state index in [1.807, 2.05) is 0 Å². The van der Waals surface area contributed by atoms with E-state index in [1.54, 1.807) is 42.6 Å². The number of carboxylic acid groups (broad SMARTS) is 1. The number of hydrogen-bond acceptors (Lipinski definition) is 4. The molecule has 26 heavy (non-hydrogen) atoms. The third-order valence-corrected chi connectivity index (χ3v) is 4.45. The maximum atomic E-state index is 12.7. The van der Waals surface area contributed by atoms with E-state index in [1.165, 1.54) is 12.3 Å². The van der Waals surface area contributed by atoms with Gasteiger partial charge in [-0.25, -0.2) is 4.79 Å². The molecule has 1 aromatic heterocycles. The molecule has 1 aliphatic heterocycles. The minimum atomic E-state index is -1.15. The van der Waals surface area contributed by atoms with Gasteiger partial charge in [-0.3, -0.25) is 9.79 Å². The van der Waals surface area contributed by atoms with E-state index in [0.29, 0.717) is 16.8 Å². The Labute approximate surface area is 148 Å². The maximum Gasteiger partial charge on any atom is 0.337 e. The van der Waals surface area contributed by atoms with E-state index < -0.39 is 23.9 Å². The summed E-state index contributed by atoms with van der Waals surface area (Å²) in [4.78, 5) is 31.4. The first-order valence-electron chi connectivity index (χ1n) is 8.01. The molecule has 0 radical (unpaired) electrons. The van der Waals surface area contributed by atoms with E-state index in [-0.39, 0.29) is 11.3 Å². The number of anilines is 1. The van der Waals surface area contributed by atoms with Gasteiger partial charge in [0.25, 0.3) is 0 Å². The summed E-state index contributed by atoms with van der Waals surface area (Å²) in [5.74, 6) is -2.58. The van der Waals surface area contributed by atoms with E-state index in [0.717, 1.165) is 5.39 Å². The van der Waals surface area contributed by atoms with Crippen LogP contribution in [0.4, 0.5) is 11.4 Å². The van der Waals surface area contributed by atoms with Crippen molar-refractivity contribution in [2.75, 3.05) is 5.32 Å². The van der Waals surface area contributed by atoms with Crippen molar-refractivity contribution in [2.45, 2.75) is 6.10 Å². The van der Waals surface area contributed by atoms with Gasteiger partial charge in [-0.05, 0) is 24.3 Å². The zero-order chi connectivity index (χ0) is 18.3. The smallest absolute Gasteiger partial charge is 0.337 e. The third kappa shape index (κ3) is 2.64. The summed E-state index contributed by atoms with van der Waals surface area (Å²) in [6.07, 6.45) is 2.03. The molecule has 4 rings (SSSR count). The highest BCUT2D eigenvalue weighted by atomic mass is 16.4. The second-order valence-electron chi connectivity index (χ2n) is 6.06. The SMILES string of the molecule is O=C(O)c1cc2cc[nH]c2cc1NC(=O)C1C=Nc2ccccc2C1O. The number of nitrogens with one attached hydrogen (secondary N) is 2. The van der Waals surface area contributed by atoms with Crippen LogP contribution in [0.3, 0.4) is 0 Å². The standard InChI is InChI=1S/C19H15N3O4/c23-17-11-3-1-2-4-14(11)21-9-13(17)18(24)22-16-8-15-10(5-6-20-15)7-12(16)19(25)26/h1-9,13,17,20,23H,(H,22,24)(H,25,26). The van der Waals surface area contributed by atoms with Gasteiger partial charge in [0.2, 0.25) is 5.91 Å². The number of carboxylic acids is 1. The minimum Gasteiger partial charge on any atom is -0.478 e. The van der Waals surface area contributed by atoms with Gasteiger partial charge in [0, 0.05) is 28.9 Å². The van der Waals surface area contributed by atoms with Crippen molar-refractivity contribution in [3.8, 4) is 0 Å². The van der Waals surface area contributed by atoms with E-state index in [4.69, 9.17) is 0 Å². The van der Waals surface area contributed by atoms with Crippen LogP contribution in [0.1, 0.15) is 22.0 Å². The molecule has 0 saturated heterocycles. The molecular weight excluding hydrogens is 334 g/mol. The Kier molecular flexibility index (Phi) is 3.78. The molecule has 1 amide bonds. The molecule has 7 heteroatoms. The highest BCUT2D eigenvalue weighted by molar-refractivity contribution is 6.09. The molecule has 0 spiro atoms. The number of aliphatic hydroxyl groups excluding tert-OH is 1. The number of rotatable bonds is 3. The number of hydrogen-bond donors (Lipinski definition) is 4. The van der Waals surface area contributed by atoms with E-state index >= 15 is 0 Å². The van der Waals surface area contributed by atoms with Gasteiger partial charge in [-0.1, -0.05) is 18.2 Å². The summed E-state index contributed by atoms with van der Waals surface area (Å²) in [5.41, 5.74) is 2.02. The summed E-state index contributed by atoms with van der Waals surface area (Å²) in [5, 5.41) is 23.3. The summed E-state index contributed by atoms with van der Waals surface area (Å²) in [7, 11) is 0. The Bertz CT molecular complexity index is 1050. The monoisotopic (exact) mass is 349 g/mol. The molecule has 2 atom stereocenters. The summed E-state index contributed by atoms with van der Waals surface area (Å²) in [6.45, 7) is 0. The maximum absolute atomic E-state index is 12.7. The number of amides is 1. The molecule has 0 fully saturated rings. The molecule has 2 unspecified atom stereocenters. The van der Waals surface area contributed by atoms with E-state index in [9.17, 15) is 19.8 Å². The largest absolute Gasteiger partial charge is 0.478 e. The molecule has 4 N–H and O–H groups in total. The number of fused-ring (bicyclic) bond motifs is 2. The highest BCUT2D eigenvalue weighted by Gasteiger charge is 2.31. The van der Waals surface area contributed by atoms with Crippen LogP contribution in [0.25, 0.3) is 10.9 Å². The summed E-state index contributed by atoms with van der Waals surface area (Å²) < 4.78 is 0. The van der Waals surface area contributed by atoms with Crippen molar-refractivity contribution < 1.29 is 19.8 Å². The molecule has 2 aromatic carbocycles. The average Bonchev–Trinajstić information content (AvgIpc) is 3.08. The molecule has 0 saturated carbocycles. The van der Waals surface area contributed by atoms with Crippen LogP contribution in [-0.4, -0.2) is 33.3 Å². The molecule has 1 aliphatic rings. The van der Waals surface area contributed by atoms with Gasteiger partial charge in [-0.2, -0.15) is 0 Å². The number of nitrogens with zero attached hydrogens (tertiary/aromatic N) is 1. The number of carbonyl (C=O) groups is 2. The minimum absolute atomic E-state index is 0.0203. The average molecular weight is 349 g/mol. The number of benzene rings is 2. The fourth-order valence-corrected chi connectivity index (χ4v) is 3.10. The Morgan fingerprint density at radius 3 is 2.77 bits per heavy atom. The van der Waals surface area contributed by atoms with Crippen LogP contribution in [0.2, 0.25) is 0 Å². The zero-order valence-electron chi connectivity index (χ0n) is 13.5. The number of aliphatic imine (C=N–C) groups is 1. The number of aromatic nitrogens is 1. The van der Waals surface area contributed by atoms with Crippen LogP contribution in [0.5, 0.6) is 0 Å². The van der Waals surface area contributed by atoms with Crippen molar-refractivity contribution in [1.82, 2.24) is 4.98 Å². The zero-order valence-corrected chi connectivity index (χ0v) is 13.5. The first-order valence-corrected chi connectivity index (χ1v) is 8.01. The van der Waals surface area contributed by atoms with Gasteiger partial charge in [0.1, 0.15) is 5.92 Å². The Morgan fingerprint density at radius 1 is 1.15 bits per heavy atom. The molecule has 7 nitrogen and oxygen atoms in total. The third-order valence-electron chi connectivity index (χ3n) is 4.45. The molecule has 130 valence electrons. The van der Waals surface area contributed by atoms with Crippen molar-refractivity contribution in [2.24, 2.45) is 10.9 Å². The molecule has 3 aromatic rings. The van der Waals surface area contributed by atoms with Crippen molar-refractivity contribution in [3.05, 3.63) is 59.8 Å². The van der Waals surface area contributed by atoms with Crippen molar-refractivity contribution in [3.63, 3.8) is 0 Å². The quantitative estimate of drug-likeness (QED) is 0.582. The summed E-state index contributed by atoms with van der Waals surface area (Å²) in [6, 6.07) is 11.8. The number of carbonyl (C=O) groups excluding carboxylic acids is 1. The normalized spacial score (nSPS) is 18.5.